The van der Waals surface area contributed by atoms with Crippen LogP contribution in [0.5, 0.6) is 5.75 Å². The average molecular weight is 365 g/mol. The second kappa shape index (κ2) is 7.38. The van der Waals surface area contributed by atoms with Gasteiger partial charge in [-0.2, -0.15) is 5.10 Å². The summed E-state index contributed by atoms with van der Waals surface area (Å²) < 4.78 is 8.52. The minimum atomic E-state index is 0.233. The minimum absolute atomic E-state index is 0.233. The molecule has 0 aliphatic carbocycles. The summed E-state index contributed by atoms with van der Waals surface area (Å²) in [7, 11) is 0. The zero-order valence-electron chi connectivity index (χ0n) is 18.0. The van der Waals surface area contributed by atoms with Gasteiger partial charge >= 0.3 is 0 Å². The van der Waals surface area contributed by atoms with E-state index in [0.717, 1.165) is 29.8 Å². The Kier molecular flexibility index (Phi) is 5.32. The molecule has 0 N–H and O–H groups in total. The summed E-state index contributed by atoms with van der Waals surface area (Å²) in [6, 6.07) is 6.60. The Morgan fingerprint density at radius 2 is 1.48 bits per heavy atom. The number of aryl methyl sites for hydroxylation is 5. The van der Waals surface area contributed by atoms with Crippen molar-refractivity contribution in [3.63, 3.8) is 0 Å². The van der Waals surface area contributed by atoms with E-state index < -0.39 is 0 Å². The SMILES string of the molecule is CCC(CC)Oc1cc(C)nn2c(-c3c(C)cc(C)cc3C)c(C)c(C)c12. The maximum Gasteiger partial charge on any atom is 0.147 e. The third-order valence-electron chi connectivity index (χ3n) is 5.65. The molecular formula is C24H32N2O. The lowest BCUT2D eigenvalue weighted by Gasteiger charge is -2.18. The topological polar surface area (TPSA) is 26.5 Å². The molecule has 3 aromatic rings. The van der Waals surface area contributed by atoms with Gasteiger partial charge in [0.15, 0.2) is 0 Å². The summed E-state index contributed by atoms with van der Waals surface area (Å²) in [5, 5.41) is 4.89. The summed E-state index contributed by atoms with van der Waals surface area (Å²) in [4.78, 5) is 0. The summed E-state index contributed by atoms with van der Waals surface area (Å²) in [6.07, 6.45) is 2.24. The van der Waals surface area contributed by atoms with Gasteiger partial charge in [-0.05, 0) is 76.6 Å². The molecule has 2 heterocycles. The van der Waals surface area contributed by atoms with Crippen LogP contribution in [0.2, 0.25) is 0 Å². The Bertz CT molecular complexity index is 971. The molecule has 1 aromatic carbocycles. The molecule has 2 aromatic heterocycles. The first-order chi connectivity index (χ1) is 12.8. The summed E-state index contributed by atoms with van der Waals surface area (Å²) >= 11 is 0. The second-order valence-electron chi connectivity index (χ2n) is 7.84. The quantitative estimate of drug-likeness (QED) is 0.522. The monoisotopic (exact) mass is 364 g/mol. The molecule has 0 atom stereocenters. The fourth-order valence-corrected chi connectivity index (χ4v) is 4.19. The summed E-state index contributed by atoms with van der Waals surface area (Å²) in [6.45, 7) is 17.3. The highest BCUT2D eigenvalue weighted by molar-refractivity contribution is 5.81. The number of benzene rings is 1. The number of rotatable bonds is 5. The summed E-state index contributed by atoms with van der Waals surface area (Å²) in [5.41, 5.74) is 11.0. The van der Waals surface area contributed by atoms with E-state index in [0.29, 0.717) is 0 Å². The van der Waals surface area contributed by atoms with Gasteiger partial charge < -0.3 is 4.74 Å². The predicted octanol–water partition coefficient (Wildman–Crippen LogP) is 6.42. The Labute approximate surface area is 163 Å². The average Bonchev–Trinajstić information content (AvgIpc) is 2.83. The first-order valence-corrected chi connectivity index (χ1v) is 10.0. The fraction of sp³-hybridized carbons (Fsp3) is 0.458. The van der Waals surface area contributed by atoms with E-state index in [-0.39, 0.29) is 6.10 Å². The smallest absolute Gasteiger partial charge is 0.147 e. The Hall–Kier alpha value is -2.29. The first-order valence-electron chi connectivity index (χ1n) is 10.0. The third kappa shape index (κ3) is 3.36. The van der Waals surface area contributed by atoms with Gasteiger partial charge in [0, 0.05) is 11.6 Å². The first kappa shape index (κ1) is 19.5. The van der Waals surface area contributed by atoms with Gasteiger partial charge in [-0.1, -0.05) is 31.5 Å². The molecule has 0 saturated carbocycles. The molecule has 27 heavy (non-hydrogen) atoms. The number of nitrogens with zero attached hydrogens (tertiary/aromatic N) is 2. The molecule has 0 aliphatic rings. The van der Waals surface area contributed by atoms with Crippen molar-refractivity contribution in [1.82, 2.24) is 9.61 Å². The van der Waals surface area contributed by atoms with Gasteiger partial charge in [0.2, 0.25) is 0 Å². The van der Waals surface area contributed by atoms with Crippen molar-refractivity contribution in [2.45, 2.75) is 74.3 Å². The Balaban J connectivity index is 2.34. The molecule has 3 rings (SSSR count). The van der Waals surface area contributed by atoms with Crippen molar-refractivity contribution >= 4 is 5.52 Å². The molecule has 3 nitrogen and oxygen atoms in total. The van der Waals surface area contributed by atoms with E-state index in [9.17, 15) is 0 Å². The summed E-state index contributed by atoms with van der Waals surface area (Å²) in [5.74, 6) is 0.950. The van der Waals surface area contributed by atoms with Crippen molar-refractivity contribution in [3.05, 3.63) is 51.7 Å². The van der Waals surface area contributed by atoms with Crippen LogP contribution in [0, 0.1) is 41.5 Å². The number of fused-ring (bicyclic) bond motifs is 1. The van der Waals surface area contributed by atoms with Crippen LogP contribution in [0.3, 0.4) is 0 Å². The number of hydrogen-bond donors (Lipinski definition) is 0. The van der Waals surface area contributed by atoms with Crippen LogP contribution in [0.15, 0.2) is 18.2 Å². The van der Waals surface area contributed by atoms with Crippen molar-refractivity contribution in [2.75, 3.05) is 0 Å². The highest BCUT2D eigenvalue weighted by Gasteiger charge is 2.22. The van der Waals surface area contributed by atoms with Crippen molar-refractivity contribution < 1.29 is 4.74 Å². The number of aromatic nitrogens is 2. The van der Waals surface area contributed by atoms with Crippen LogP contribution in [0.4, 0.5) is 0 Å². The van der Waals surface area contributed by atoms with Crippen LogP contribution in [-0.4, -0.2) is 15.7 Å². The zero-order chi connectivity index (χ0) is 19.9. The van der Waals surface area contributed by atoms with Gasteiger partial charge in [-0.3, -0.25) is 0 Å². The van der Waals surface area contributed by atoms with E-state index in [1.165, 1.54) is 39.1 Å². The number of ether oxygens (including phenoxy) is 1. The van der Waals surface area contributed by atoms with Crippen LogP contribution in [0.1, 0.15) is 60.2 Å². The molecule has 0 bridgehead atoms. The molecule has 0 unspecified atom stereocenters. The second-order valence-corrected chi connectivity index (χ2v) is 7.84. The molecule has 0 amide bonds. The minimum Gasteiger partial charge on any atom is -0.488 e. The van der Waals surface area contributed by atoms with Crippen molar-refractivity contribution in [3.8, 4) is 17.0 Å². The lowest BCUT2D eigenvalue weighted by molar-refractivity contribution is 0.194. The fourth-order valence-electron chi connectivity index (χ4n) is 4.19. The molecule has 144 valence electrons. The normalized spacial score (nSPS) is 11.6. The lowest BCUT2D eigenvalue weighted by Crippen LogP contribution is -2.15. The van der Waals surface area contributed by atoms with Gasteiger partial charge in [0.25, 0.3) is 0 Å². The molecule has 0 radical (unpaired) electrons. The number of hydrogen-bond acceptors (Lipinski definition) is 2. The van der Waals surface area contributed by atoms with Crippen LogP contribution >= 0.6 is 0 Å². The van der Waals surface area contributed by atoms with Gasteiger partial charge in [0.05, 0.1) is 17.5 Å². The lowest BCUT2D eigenvalue weighted by atomic mass is 9.95. The maximum atomic E-state index is 6.41. The largest absolute Gasteiger partial charge is 0.488 e. The van der Waals surface area contributed by atoms with Gasteiger partial charge in [-0.15, -0.1) is 0 Å². The van der Waals surface area contributed by atoms with Crippen molar-refractivity contribution in [1.29, 1.82) is 0 Å². The van der Waals surface area contributed by atoms with Crippen LogP contribution in [0.25, 0.3) is 16.8 Å². The molecular weight excluding hydrogens is 332 g/mol. The van der Waals surface area contributed by atoms with Crippen LogP contribution in [-0.2, 0) is 0 Å². The van der Waals surface area contributed by atoms with Gasteiger partial charge in [0.1, 0.15) is 11.3 Å². The van der Waals surface area contributed by atoms with Crippen molar-refractivity contribution in [2.24, 2.45) is 0 Å². The zero-order valence-corrected chi connectivity index (χ0v) is 18.0. The van der Waals surface area contributed by atoms with E-state index >= 15 is 0 Å². The van der Waals surface area contributed by atoms with Crippen LogP contribution < -0.4 is 4.74 Å². The van der Waals surface area contributed by atoms with E-state index in [1.54, 1.807) is 0 Å². The molecule has 0 saturated heterocycles. The Morgan fingerprint density at radius 1 is 0.889 bits per heavy atom. The maximum absolute atomic E-state index is 6.41. The van der Waals surface area contributed by atoms with E-state index in [4.69, 9.17) is 9.84 Å². The van der Waals surface area contributed by atoms with E-state index in [1.807, 2.05) is 6.92 Å². The molecule has 3 heteroatoms. The Morgan fingerprint density at radius 3 is 2.04 bits per heavy atom. The predicted molar refractivity (Wildman–Crippen MR) is 114 cm³/mol. The third-order valence-corrected chi connectivity index (χ3v) is 5.65. The molecule has 0 spiro atoms. The standard InChI is InChI=1S/C24H32N2O/c1-9-20(10-2)27-21-13-17(6)25-26-23(21)18(7)19(8)24(26)22-15(4)11-14(3)12-16(22)5/h11-13,20H,9-10H2,1-8H3. The highest BCUT2D eigenvalue weighted by atomic mass is 16.5. The highest BCUT2D eigenvalue weighted by Crippen LogP contribution is 2.38. The molecule has 0 aliphatic heterocycles. The van der Waals surface area contributed by atoms with Gasteiger partial charge in [-0.25, -0.2) is 4.52 Å². The van der Waals surface area contributed by atoms with E-state index in [2.05, 4.69) is 71.2 Å². The molecule has 0 fully saturated rings.